The molecule has 0 spiro atoms. The van der Waals surface area contributed by atoms with E-state index in [2.05, 4.69) is 40.8 Å². The third-order valence-corrected chi connectivity index (χ3v) is 11.4. The SMILES string of the molecule is COc1ccc(COC[C@H]2C[C@H](O)C[C@@H]2O[Si](C)(C)C(C)(C)C(C)C)cc1. The summed E-state index contributed by atoms with van der Waals surface area (Å²) >= 11 is 0. The Labute approximate surface area is 166 Å². The lowest BCUT2D eigenvalue weighted by atomic mass is 9.99. The molecular formula is C22H38O4Si. The lowest BCUT2D eigenvalue weighted by Crippen LogP contribution is -2.48. The predicted molar refractivity (Wildman–Crippen MR) is 113 cm³/mol. The summed E-state index contributed by atoms with van der Waals surface area (Å²) in [6, 6.07) is 7.95. The maximum Gasteiger partial charge on any atom is 0.192 e. The summed E-state index contributed by atoms with van der Waals surface area (Å²) in [7, 11) is -0.256. The highest BCUT2D eigenvalue weighted by atomic mass is 28.4. The Morgan fingerprint density at radius 2 is 1.78 bits per heavy atom. The summed E-state index contributed by atoms with van der Waals surface area (Å²) in [5.74, 6) is 1.68. The first-order valence-electron chi connectivity index (χ1n) is 10.1. The summed E-state index contributed by atoms with van der Waals surface area (Å²) in [5, 5.41) is 10.4. The molecule has 0 amide bonds. The van der Waals surface area contributed by atoms with Crippen LogP contribution in [0.1, 0.15) is 46.1 Å². The zero-order valence-corrected chi connectivity index (χ0v) is 19.1. The van der Waals surface area contributed by atoms with Gasteiger partial charge in [0.1, 0.15) is 5.75 Å². The van der Waals surface area contributed by atoms with Gasteiger partial charge in [0.2, 0.25) is 0 Å². The Kier molecular flexibility index (Phi) is 7.53. The fraction of sp³-hybridized carbons (Fsp3) is 0.727. The van der Waals surface area contributed by atoms with Crippen LogP contribution >= 0.6 is 0 Å². The fourth-order valence-electron chi connectivity index (χ4n) is 3.65. The van der Waals surface area contributed by atoms with Gasteiger partial charge in [-0.05, 0) is 54.6 Å². The highest BCUT2D eigenvalue weighted by Gasteiger charge is 2.47. The van der Waals surface area contributed by atoms with Gasteiger partial charge in [0, 0.05) is 5.92 Å². The molecule has 0 aromatic heterocycles. The maximum atomic E-state index is 10.2. The van der Waals surface area contributed by atoms with Crippen LogP contribution in [-0.4, -0.2) is 39.3 Å². The van der Waals surface area contributed by atoms with E-state index in [0.717, 1.165) is 24.2 Å². The highest BCUT2D eigenvalue weighted by molar-refractivity contribution is 6.74. The molecular weight excluding hydrogens is 356 g/mol. The Morgan fingerprint density at radius 3 is 2.33 bits per heavy atom. The number of benzene rings is 1. The van der Waals surface area contributed by atoms with Crippen molar-refractivity contribution in [1.82, 2.24) is 0 Å². The van der Waals surface area contributed by atoms with Gasteiger partial charge in [-0.2, -0.15) is 0 Å². The first kappa shape index (κ1) is 22.4. The van der Waals surface area contributed by atoms with Crippen LogP contribution < -0.4 is 4.74 Å². The molecule has 2 rings (SSSR count). The van der Waals surface area contributed by atoms with Crippen LogP contribution in [0.4, 0.5) is 0 Å². The number of aliphatic hydroxyl groups excluding tert-OH is 1. The van der Waals surface area contributed by atoms with Crippen molar-refractivity contribution in [2.45, 2.75) is 77.5 Å². The number of ether oxygens (including phenoxy) is 2. The molecule has 1 N–H and O–H groups in total. The normalized spacial score (nSPS) is 23.8. The molecule has 154 valence electrons. The van der Waals surface area contributed by atoms with Gasteiger partial charge in [-0.3, -0.25) is 0 Å². The minimum Gasteiger partial charge on any atom is -0.497 e. The van der Waals surface area contributed by atoms with Crippen LogP contribution in [0.2, 0.25) is 18.1 Å². The molecule has 0 unspecified atom stereocenters. The zero-order valence-electron chi connectivity index (χ0n) is 18.1. The third kappa shape index (κ3) is 5.56. The van der Waals surface area contributed by atoms with E-state index in [9.17, 15) is 5.11 Å². The number of hydrogen-bond acceptors (Lipinski definition) is 4. The van der Waals surface area contributed by atoms with Crippen molar-refractivity contribution < 1.29 is 19.0 Å². The number of methoxy groups -OCH3 is 1. The van der Waals surface area contributed by atoms with E-state index >= 15 is 0 Å². The molecule has 1 aliphatic carbocycles. The molecule has 1 aliphatic rings. The average Bonchev–Trinajstić information content (AvgIpc) is 2.93. The van der Waals surface area contributed by atoms with E-state index in [0.29, 0.717) is 19.1 Å². The van der Waals surface area contributed by atoms with E-state index in [1.807, 2.05) is 24.3 Å². The zero-order chi connectivity index (χ0) is 20.2. The standard InChI is InChI=1S/C22H38O4Si/c1-16(2)22(3,4)27(6,7)26-21-13-19(23)12-18(21)15-25-14-17-8-10-20(24-5)11-9-17/h8-11,16,18-19,21,23H,12-15H2,1-7H3/t18-,19+,21+/m1/s1. The van der Waals surface area contributed by atoms with Gasteiger partial charge in [-0.1, -0.05) is 39.8 Å². The lowest BCUT2D eigenvalue weighted by molar-refractivity contribution is 0.0400. The Balaban J connectivity index is 1.93. The smallest absolute Gasteiger partial charge is 0.192 e. The molecule has 1 aromatic rings. The van der Waals surface area contributed by atoms with Gasteiger partial charge >= 0.3 is 0 Å². The van der Waals surface area contributed by atoms with Gasteiger partial charge in [-0.15, -0.1) is 0 Å². The second kappa shape index (κ2) is 9.08. The number of rotatable bonds is 9. The van der Waals surface area contributed by atoms with Gasteiger partial charge in [0.25, 0.3) is 0 Å². The van der Waals surface area contributed by atoms with Crippen molar-refractivity contribution in [2.24, 2.45) is 11.8 Å². The summed E-state index contributed by atoms with van der Waals surface area (Å²) in [6.07, 6.45) is 1.30. The van der Waals surface area contributed by atoms with Crippen molar-refractivity contribution in [3.8, 4) is 5.75 Å². The van der Waals surface area contributed by atoms with Crippen molar-refractivity contribution in [3.63, 3.8) is 0 Å². The van der Waals surface area contributed by atoms with E-state index in [4.69, 9.17) is 13.9 Å². The van der Waals surface area contributed by atoms with E-state index in [1.54, 1.807) is 7.11 Å². The van der Waals surface area contributed by atoms with E-state index in [-0.39, 0.29) is 23.2 Å². The number of hydrogen-bond donors (Lipinski definition) is 1. The lowest BCUT2D eigenvalue weighted by Gasteiger charge is -2.44. The molecule has 1 fully saturated rings. The molecule has 0 heterocycles. The van der Waals surface area contributed by atoms with Crippen molar-refractivity contribution in [2.75, 3.05) is 13.7 Å². The molecule has 0 saturated heterocycles. The Bertz CT molecular complexity index is 582. The molecule has 5 heteroatoms. The fourth-order valence-corrected chi connectivity index (χ4v) is 6.39. The average molecular weight is 395 g/mol. The first-order chi connectivity index (χ1) is 12.6. The van der Waals surface area contributed by atoms with Crippen LogP contribution in [0.25, 0.3) is 0 Å². The number of aliphatic hydroxyl groups is 1. The van der Waals surface area contributed by atoms with E-state index in [1.165, 1.54) is 0 Å². The molecule has 3 atom stereocenters. The summed E-state index contributed by atoms with van der Waals surface area (Å²) in [4.78, 5) is 0. The summed E-state index contributed by atoms with van der Waals surface area (Å²) in [6.45, 7) is 15.0. The molecule has 0 radical (unpaired) electrons. The monoisotopic (exact) mass is 394 g/mol. The molecule has 1 saturated carbocycles. The summed E-state index contributed by atoms with van der Waals surface area (Å²) < 4.78 is 17.9. The van der Waals surface area contributed by atoms with E-state index < -0.39 is 8.32 Å². The highest BCUT2D eigenvalue weighted by Crippen LogP contribution is 2.46. The van der Waals surface area contributed by atoms with Crippen LogP contribution in [0.15, 0.2) is 24.3 Å². The van der Waals surface area contributed by atoms with Crippen LogP contribution in [-0.2, 0) is 15.8 Å². The Morgan fingerprint density at radius 1 is 1.15 bits per heavy atom. The first-order valence-corrected chi connectivity index (χ1v) is 13.0. The van der Waals surface area contributed by atoms with Crippen molar-refractivity contribution >= 4 is 8.32 Å². The van der Waals surface area contributed by atoms with Gasteiger partial charge in [-0.25, -0.2) is 0 Å². The second-order valence-electron chi connectivity index (χ2n) is 9.29. The minimum atomic E-state index is -1.92. The topological polar surface area (TPSA) is 47.9 Å². The molecule has 0 bridgehead atoms. The maximum absolute atomic E-state index is 10.2. The minimum absolute atomic E-state index is 0.0931. The second-order valence-corrected chi connectivity index (χ2v) is 13.8. The third-order valence-electron chi connectivity index (χ3n) is 6.81. The molecule has 0 aliphatic heterocycles. The largest absolute Gasteiger partial charge is 0.497 e. The van der Waals surface area contributed by atoms with Crippen LogP contribution in [0.3, 0.4) is 0 Å². The molecule has 1 aromatic carbocycles. The van der Waals surface area contributed by atoms with Crippen LogP contribution in [0.5, 0.6) is 5.75 Å². The van der Waals surface area contributed by atoms with Crippen molar-refractivity contribution in [3.05, 3.63) is 29.8 Å². The van der Waals surface area contributed by atoms with Crippen molar-refractivity contribution in [1.29, 1.82) is 0 Å². The molecule has 27 heavy (non-hydrogen) atoms. The Hall–Kier alpha value is -0.883. The summed E-state index contributed by atoms with van der Waals surface area (Å²) in [5.41, 5.74) is 1.13. The van der Waals surface area contributed by atoms with Gasteiger partial charge in [0.15, 0.2) is 8.32 Å². The van der Waals surface area contributed by atoms with Crippen LogP contribution in [0, 0.1) is 11.8 Å². The quantitative estimate of drug-likeness (QED) is 0.598. The van der Waals surface area contributed by atoms with Gasteiger partial charge in [0.05, 0.1) is 32.5 Å². The molecule has 4 nitrogen and oxygen atoms in total. The van der Waals surface area contributed by atoms with Gasteiger partial charge < -0.3 is 19.0 Å². The predicted octanol–water partition coefficient (Wildman–Crippen LogP) is 5.01.